The second-order valence-corrected chi connectivity index (χ2v) is 12.2. The van der Waals surface area contributed by atoms with Gasteiger partial charge in [-0.05, 0) is 46.0 Å². The summed E-state index contributed by atoms with van der Waals surface area (Å²) in [5.41, 5.74) is 6.27. The smallest absolute Gasteiger partial charge is 0.407 e. The highest BCUT2D eigenvalue weighted by Gasteiger charge is 2.72. The molecule has 13 nitrogen and oxygen atoms in total. The number of hydrogen-bond donors (Lipinski definition) is 3. The lowest BCUT2D eigenvalue weighted by atomic mass is 9.68. The number of carbonyl (C=O) groups excluding carboxylic acids is 3. The minimum absolute atomic E-state index is 0.0325. The van der Waals surface area contributed by atoms with Crippen LogP contribution in [0.15, 0.2) is 11.6 Å². The summed E-state index contributed by atoms with van der Waals surface area (Å²) in [5.74, 6) is -1.14. The van der Waals surface area contributed by atoms with Crippen LogP contribution in [0.5, 0.6) is 0 Å². The largest absolute Gasteiger partial charge is 0.454 e. The van der Waals surface area contributed by atoms with Gasteiger partial charge in [0.05, 0.1) is 45.1 Å². The molecule has 0 aromatic heterocycles. The summed E-state index contributed by atoms with van der Waals surface area (Å²) in [4.78, 5) is 36.0. The molecule has 1 aliphatic carbocycles. The summed E-state index contributed by atoms with van der Waals surface area (Å²) in [6, 6.07) is -0.757. The first-order valence-corrected chi connectivity index (χ1v) is 15.2. The topological polar surface area (TPSA) is 173 Å². The van der Waals surface area contributed by atoms with E-state index in [4.69, 9.17) is 38.9 Å². The lowest BCUT2D eigenvalue weighted by Gasteiger charge is -2.42. The van der Waals surface area contributed by atoms with Gasteiger partial charge in [0.1, 0.15) is 29.5 Å². The molecule has 4 N–H and O–H groups in total. The van der Waals surface area contributed by atoms with Crippen molar-refractivity contribution in [2.24, 2.45) is 17.6 Å². The van der Waals surface area contributed by atoms with Crippen molar-refractivity contribution in [3.63, 3.8) is 0 Å². The summed E-state index contributed by atoms with van der Waals surface area (Å²) in [7, 11) is 1.65. The van der Waals surface area contributed by atoms with Crippen LogP contribution in [-0.2, 0) is 42.7 Å². The Balaban J connectivity index is 1.25. The molecule has 0 aromatic carbocycles. The average Bonchev–Trinajstić information content (AvgIpc) is 3.88. The average molecular weight is 614 g/mol. The van der Waals surface area contributed by atoms with Crippen LogP contribution in [0.2, 0.25) is 0 Å². The number of methoxy groups -OCH3 is 1. The quantitative estimate of drug-likeness (QED) is 0.0884. The fourth-order valence-corrected chi connectivity index (χ4v) is 5.62. The van der Waals surface area contributed by atoms with Crippen molar-refractivity contribution in [1.29, 1.82) is 0 Å². The first kappa shape index (κ1) is 35.2. The summed E-state index contributed by atoms with van der Waals surface area (Å²) in [5, 5.41) is 5.33. The second kappa shape index (κ2) is 16.1. The van der Waals surface area contributed by atoms with Gasteiger partial charge in [0.25, 0.3) is 5.91 Å². The number of rotatable bonds is 18. The molecule has 2 aliphatic heterocycles. The molecule has 4 unspecified atom stereocenters. The van der Waals surface area contributed by atoms with E-state index in [1.54, 1.807) is 21.0 Å². The van der Waals surface area contributed by atoms with Crippen molar-refractivity contribution in [1.82, 2.24) is 10.6 Å². The number of ether oxygens (including phenoxy) is 7. The molecular formula is C30H51N3O10. The third-order valence-corrected chi connectivity index (χ3v) is 8.29. The number of nitrogens with two attached hydrogens (primary N) is 1. The highest BCUT2D eigenvalue weighted by molar-refractivity contribution is 5.82. The van der Waals surface area contributed by atoms with Gasteiger partial charge in [0.2, 0.25) is 0 Å². The Bertz CT molecular complexity index is 968. The van der Waals surface area contributed by atoms with Crippen LogP contribution in [-0.4, -0.2) is 113 Å². The van der Waals surface area contributed by atoms with Gasteiger partial charge in [-0.1, -0.05) is 25.5 Å². The summed E-state index contributed by atoms with van der Waals surface area (Å²) in [6.07, 6.45) is 3.29. The van der Waals surface area contributed by atoms with E-state index in [1.165, 1.54) is 5.57 Å². The van der Waals surface area contributed by atoms with Gasteiger partial charge in [-0.3, -0.25) is 9.59 Å². The Morgan fingerprint density at radius 1 is 1.07 bits per heavy atom. The second-order valence-electron chi connectivity index (χ2n) is 12.2. The summed E-state index contributed by atoms with van der Waals surface area (Å²) in [6.45, 7) is 11.9. The van der Waals surface area contributed by atoms with Crippen molar-refractivity contribution in [3.05, 3.63) is 11.6 Å². The van der Waals surface area contributed by atoms with Crippen LogP contribution in [0.3, 0.4) is 0 Å². The van der Waals surface area contributed by atoms with E-state index in [0.29, 0.717) is 26.2 Å². The Hall–Kier alpha value is -2.29. The zero-order chi connectivity index (χ0) is 31.6. The van der Waals surface area contributed by atoms with Crippen LogP contribution in [0, 0.1) is 11.8 Å². The zero-order valence-electron chi connectivity index (χ0n) is 26.5. The van der Waals surface area contributed by atoms with Crippen LogP contribution >= 0.6 is 0 Å². The number of allylic oxidation sites excluding steroid dienone is 1. The van der Waals surface area contributed by atoms with E-state index >= 15 is 0 Å². The number of amides is 2. The molecule has 3 rings (SSSR count). The standard InChI is InChI=1S/C30H51N3O10/c1-19(2)7-8-22-29(5,43-22)26-25(37-6)21(9-10-30(26)18-41-30)42-28(36)33-12-14-39-16-15-38-13-11-32-23(34)17-40-27(35)24(31)20(3)4/h7,20-22,24-26H,8-18,31H2,1-6H3,(H,32,34)(H,33,36)/t21?,22-,24+,25?,26?,29?,30+/m1/s1. The third-order valence-electron chi connectivity index (χ3n) is 8.29. The lowest BCUT2D eigenvalue weighted by molar-refractivity contribution is -0.150. The van der Waals surface area contributed by atoms with E-state index in [-0.39, 0.29) is 68.2 Å². The number of carbonyl (C=O) groups is 3. The maximum Gasteiger partial charge on any atom is 0.407 e. The van der Waals surface area contributed by atoms with Gasteiger partial charge in [-0.25, -0.2) is 4.79 Å². The van der Waals surface area contributed by atoms with Gasteiger partial charge >= 0.3 is 12.1 Å². The zero-order valence-corrected chi connectivity index (χ0v) is 26.5. The Kier molecular flexibility index (Phi) is 13.2. The van der Waals surface area contributed by atoms with Crippen LogP contribution in [0.4, 0.5) is 4.79 Å². The molecule has 1 saturated carbocycles. The Labute approximate surface area is 254 Å². The fraction of sp³-hybridized carbons (Fsp3) is 0.833. The maximum atomic E-state index is 12.6. The molecule has 13 heteroatoms. The molecule has 0 bridgehead atoms. The molecule has 2 heterocycles. The first-order chi connectivity index (χ1) is 20.4. The molecule has 3 fully saturated rings. The summed E-state index contributed by atoms with van der Waals surface area (Å²) >= 11 is 0. The van der Waals surface area contributed by atoms with Crippen LogP contribution < -0.4 is 16.4 Å². The summed E-state index contributed by atoms with van der Waals surface area (Å²) < 4.78 is 39.7. The van der Waals surface area contributed by atoms with Crippen LogP contribution in [0.25, 0.3) is 0 Å². The normalized spacial score (nSPS) is 30.0. The molecule has 246 valence electrons. The van der Waals surface area contributed by atoms with E-state index in [2.05, 4.69) is 37.5 Å². The van der Waals surface area contributed by atoms with Gasteiger partial charge in [-0.2, -0.15) is 0 Å². The fourth-order valence-electron chi connectivity index (χ4n) is 5.62. The number of esters is 1. The molecule has 7 atom stereocenters. The third kappa shape index (κ3) is 10.1. The number of nitrogens with one attached hydrogen (secondary N) is 2. The van der Waals surface area contributed by atoms with Gasteiger partial charge in [0, 0.05) is 20.2 Å². The highest BCUT2D eigenvalue weighted by Crippen LogP contribution is 2.59. The van der Waals surface area contributed by atoms with Crippen molar-refractivity contribution in [2.45, 2.75) is 89.4 Å². The SMILES string of the molecule is COC1C(OC(=O)NCCOCCOCCNC(=O)COC(=O)[C@@H](N)C(C)C)CC[C@]2(CO2)C1C1(C)O[C@@H]1CC=C(C)C. The monoisotopic (exact) mass is 613 g/mol. The lowest BCUT2D eigenvalue weighted by Crippen LogP contribution is -2.56. The molecular weight excluding hydrogens is 562 g/mol. The van der Waals surface area contributed by atoms with Gasteiger partial charge in [-0.15, -0.1) is 0 Å². The van der Waals surface area contributed by atoms with E-state index in [0.717, 1.165) is 12.8 Å². The van der Waals surface area contributed by atoms with Crippen molar-refractivity contribution < 1.29 is 47.5 Å². The molecule has 0 aromatic rings. The number of epoxide rings is 2. The molecule has 2 amide bonds. The van der Waals surface area contributed by atoms with Crippen molar-refractivity contribution >= 4 is 18.0 Å². The first-order valence-electron chi connectivity index (χ1n) is 15.2. The molecule has 1 spiro atoms. The van der Waals surface area contributed by atoms with Gasteiger partial charge in [0.15, 0.2) is 6.61 Å². The Morgan fingerprint density at radius 3 is 2.30 bits per heavy atom. The minimum atomic E-state index is -0.757. The van der Waals surface area contributed by atoms with Crippen LogP contribution in [0.1, 0.15) is 53.9 Å². The van der Waals surface area contributed by atoms with Crippen molar-refractivity contribution in [2.75, 3.05) is 59.8 Å². The predicted octanol–water partition coefficient (Wildman–Crippen LogP) is 1.46. The van der Waals surface area contributed by atoms with Crippen molar-refractivity contribution in [3.8, 4) is 0 Å². The minimum Gasteiger partial charge on any atom is -0.454 e. The molecule has 2 saturated heterocycles. The number of alkyl carbamates (subject to hydrolysis) is 1. The highest BCUT2D eigenvalue weighted by atomic mass is 16.6. The van der Waals surface area contributed by atoms with E-state index < -0.39 is 30.1 Å². The Morgan fingerprint density at radius 2 is 1.72 bits per heavy atom. The van der Waals surface area contributed by atoms with E-state index in [9.17, 15) is 14.4 Å². The maximum absolute atomic E-state index is 12.6. The van der Waals surface area contributed by atoms with Gasteiger partial charge < -0.3 is 49.5 Å². The van der Waals surface area contributed by atoms with E-state index in [1.807, 2.05) is 0 Å². The molecule has 43 heavy (non-hydrogen) atoms. The molecule has 0 radical (unpaired) electrons. The molecule has 3 aliphatic rings. The predicted molar refractivity (Wildman–Crippen MR) is 156 cm³/mol. The number of hydrogen-bond acceptors (Lipinski definition) is 11.